The van der Waals surface area contributed by atoms with Crippen molar-refractivity contribution in [3.8, 4) is 0 Å². The molecular weight excluding hydrogens is 1100 g/mol. The molecule has 0 spiro atoms. The van der Waals surface area contributed by atoms with Crippen molar-refractivity contribution in [2.75, 3.05) is 26.2 Å². The van der Waals surface area contributed by atoms with Crippen LogP contribution in [0.5, 0.6) is 0 Å². The minimum absolute atomic E-state index is 0.00238. The Balaban J connectivity index is 2.44. The van der Waals surface area contributed by atoms with Crippen molar-refractivity contribution in [3.05, 3.63) is 12.2 Å². The SMILES string of the molecule is CC(=O)CCC(=O)CCC(=O)CCC(=O)CCC(=O)CCC(=O)CCC(=O)CCC(=O)CCC(=O)CCC(=O)CC(=O)NCCCC[C@H](NC(=O)CCCN1C(=O)C=CC1=O)C(=O)N[C@@H](C)C(=O)N[C@@H](C)C(=O)NCCNC(=O)OC(C)(C)C. The molecule has 0 aromatic heterocycles. The zero-order valence-electron chi connectivity index (χ0n) is 49.4. The number of carbonyl (C=O) groups is 18. The molecule has 26 nitrogen and oxygen atoms in total. The van der Waals surface area contributed by atoms with Crippen molar-refractivity contribution in [1.29, 1.82) is 0 Å². The van der Waals surface area contributed by atoms with Gasteiger partial charge in [0.1, 0.15) is 81.6 Å². The number of unbranched alkanes of at least 4 members (excludes halogenated alkanes) is 1. The maximum atomic E-state index is 13.4. The molecule has 0 fully saturated rings. The van der Waals surface area contributed by atoms with Gasteiger partial charge in [0.25, 0.3) is 11.8 Å². The molecule has 1 aliphatic heterocycles. The van der Waals surface area contributed by atoms with Crippen molar-refractivity contribution in [2.24, 2.45) is 0 Å². The number of hydrogen-bond acceptors (Lipinski definition) is 19. The number of rotatable bonds is 47. The third-order valence-corrected chi connectivity index (χ3v) is 12.8. The van der Waals surface area contributed by atoms with Crippen LogP contribution >= 0.6 is 0 Å². The van der Waals surface area contributed by atoms with Gasteiger partial charge in [-0.2, -0.15) is 0 Å². The van der Waals surface area contributed by atoms with Crippen LogP contribution in [0.25, 0.3) is 0 Å². The van der Waals surface area contributed by atoms with Crippen molar-refractivity contribution in [2.45, 2.75) is 219 Å². The molecule has 0 aliphatic carbocycles. The Bertz CT molecular complexity index is 2440. The molecule has 0 aromatic rings. The van der Waals surface area contributed by atoms with E-state index in [2.05, 4.69) is 31.9 Å². The van der Waals surface area contributed by atoms with Crippen LogP contribution in [0.2, 0.25) is 0 Å². The number of ketones is 10. The lowest BCUT2D eigenvalue weighted by atomic mass is 9.99. The first-order valence-electron chi connectivity index (χ1n) is 28.5. The number of imide groups is 1. The third kappa shape index (κ3) is 36.6. The molecule has 3 atom stereocenters. The zero-order valence-corrected chi connectivity index (χ0v) is 49.4. The maximum Gasteiger partial charge on any atom is 0.407 e. The lowest BCUT2D eigenvalue weighted by Gasteiger charge is -2.23. The Morgan fingerprint density at radius 1 is 0.429 bits per heavy atom. The molecule has 1 rings (SSSR count). The Hall–Kier alpha value is -7.80. The molecule has 0 saturated carbocycles. The van der Waals surface area contributed by atoms with Gasteiger partial charge in [-0.05, 0) is 67.2 Å². The molecule has 1 aliphatic rings. The summed E-state index contributed by atoms with van der Waals surface area (Å²) in [5.74, 6) is -7.54. The van der Waals surface area contributed by atoms with Crippen LogP contribution in [-0.2, 0) is 86.2 Å². The average molecular weight is 1180 g/mol. The number of alkyl carbamates (subject to hydrolysis) is 1. The van der Waals surface area contributed by atoms with Gasteiger partial charge in [-0.1, -0.05) is 0 Å². The molecular formula is C58H85N7O19. The van der Waals surface area contributed by atoms with E-state index in [-0.39, 0.29) is 220 Å². The van der Waals surface area contributed by atoms with Crippen LogP contribution in [-0.4, -0.2) is 160 Å². The summed E-state index contributed by atoms with van der Waals surface area (Å²) in [5, 5.41) is 15.2. The van der Waals surface area contributed by atoms with E-state index in [9.17, 15) is 86.3 Å². The maximum absolute atomic E-state index is 13.4. The molecule has 0 bridgehead atoms. The predicted octanol–water partition coefficient (Wildman–Crippen LogP) is 2.24. The van der Waals surface area contributed by atoms with E-state index in [1.807, 2.05) is 0 Å². The number of hydrogen-bond donors (Lipinski definition) is 6. The number of amides is 8. The van der Waals surface area contributed by atoms with Crippen LogP contribution in [0.3, 0.4) is 0 Å². The standard InChI is InChI=1S/C58H85N7O19/c1-37(66)12-13-40(67)14-15-41(68)16-17-42(69)18-19-43(70)20-21-44(71)22-23-45(72)24-25-46(73)26-27-47(74)28-29-48(75)36-51(77)59-32-8-7-10-49(64-50(76)11-9-35-65-52(78)30-31-53(65)79)56(82)63-39(3)55(81)62-38(2)54(80)60-33-34-61-57(83)84-58(4,5)6/h30-31,38-39,49H,7-29,32-36H2,1-6H3,(H,59,77)(H,60,80)(H,61,83)(H,62,81)(H,63,82)(H,64,76)/t38-,39-,49-/m0/s1. The van der Waals surface area contributed by atoms with Crippen molar-refractivity contribution in [1.82, 2.24) is 36.8 Å². The number of nitrogens with zero attached hydrogens (tertiary/aromatic N) is 1. The lowest BCUT2D eigenvalue weighted by molar-refractivity contribution is -0.137. The summed E-state index contributed by atoms with van der Waals surface area (Å²) in [5.41, 5.74) is -0.714. The summed E-state index contributed by atoms with van der Waals surface area (Å²) < 4.78 is 5.13. The monoisotopic (exact) mass is 1180 g/mol. The Kier molecular flexibility index (Phi) is 35.7. The highest BCUT2D eigenvalue weighted by Crippen LogP contribution is 2.13. The molecule has 8 amide bonds. The summed E-state index contributed by atoms with van der Waals surface area (Å²) >= 11 is 0. The molecule has 0 aromatic carbocycles. The molecule has 84 heavy (non-hydrogen) atoms. The van der Waals surface area contributed by atoms with E-state index in [1.165, 1.54) is 20.8 Å². The van der Waals surface area contributed by atoms with Gasteiger partial charge in [-0.3, -0.25) is 81.6 Å². The summed E-state index contributed by atoms with van der Waals surface area (Å²) in [4.78, 5) is 222. The Morgan fingerprint density at radius 2 is 0.810 bits per heavy atom. The Morgan fingerprint density at radius 3 is 1.23 bits per heavy atom. The Labute approximate surface area is 489 Å². The van der Waals surface area contributed by atoms with Gasteiger partial charge in [-0.25, -0.2) is 4.79 Å². The largest absolute Gasteiger partial charge is 0.444 e. The molecule has 0 saturated heterocycles. The van der Waals surface area contributed by atoms with E-state index >= 15 is 0 Å². The lowest BCUT2D eigenvalue weighted by Crippen LogP contribution is -2.55. The predicted molar refractivity (Wildman–Crippen MR) is 300 cm³/mol. The molecule has 0 unspecified atom stereocenters. The first-order valence-corrected chi connectivity index (χ1v) is 28.5. The topological polar surface area (TPSA) is 392 Å². The number of Topliss-reactive ketones (excluding diaryl/α,β-unsaturated/α-hetero) is 10. The molecule has 1 heterocycles. The van der Waals surface area contributed by atoms with E-state index in [4.69, 9.17) is 4.74 Å². The fraction of sp³-hybridized carbons (Fsp3) is 0.655. The smallest absolute Gasteiger partial charge is 0.407 e. The molecule has 6 N–H and O–H groups in total. The molecule has 26 heteroatoms. The van der Waals surface area contributed by atoms with Gasteiger partial charge in [0.2, 0.25) is 29.5 Å². The molecule has 0 radical (unpaired) electrons. The first kappa shape index (κ1) is 74.2. The van der Waals surface area contributed by atoms with E-state index < -0.39 is 89.2 Å². The van der Waals surface area contributed by atoms with Crippen LogP contribution in [0.15, 0.2) is 12.2 Å². The van der Waals surface area contributed by atoms with E-state index in [1.54, 1.807) is 20.8 Å². The fourth-order valence-corrected chi connectivity index (χ4v) is 7.76. The second-order valence-electron chi connectivity index (χ2n) is 21.6. The van der Waals surface area contributed by atoms with Crippen LogP contribution in [0, 0.1) is 0 Å². The third-order valence-electron chi connectivity index (χ3n) is 12.8. The quantitative estimate of drug-likeness (QED) is 0.0289. The minimum Gasteiger partial charge on any atom is -0.444 e. The number of nitrogens with one attached hydrogen (secondary N) is 6. The summed E-state index contributed by atoms with van der Waals surface area (Å²) in [6.07, 6.45) is -0.360. The van der Waals surface area contributed by atoms with Crippen molar-refractivity contribution < 1.29 is 91.0 Å². The van der Waals surface area contributed by atoms with Crippen LogP contribution in [0.1, 0.15) is 196 Å². The average Bonchev–Trinajstić information content (AvgIpc) is 3.84. The zero-order chi connectivity index (χ0) is 63.4. The van der Waals surface area contributed by atoms with Gasteiger partial charge in [0.05, 0.1) is 6.42 Å². The van der Waals surface area contributed by atoms with Gasteiger partial charge < -0.3 is 41.4 Å². The number of ether oxygens (including phenoxy) is 1. The van der Waals surface area contributed by atoms with Gasteiger partial charge in [0.15, 0.2) is 0 Å². The van der Waals surface area contributed by atoms with Crippen molar-refractivity contribution in [3.63, 3.8) is 0 Å². The van der Waals surface area contributed by atoms with Gasteiger partial charge in [0, 0.05) is 160 Å². The van der Waals surface area contributed by atoms with Crippen LogP contribution in [0.4, 0.5) is 4.79 Å². The van der Waals surface area contributed by atoms with Gasteiger partial charge >= 0.3 is 6.09 Å². The summed E-state index contributed by atoms with van der Waals surface area (Å²) in [6.45, 7) is 9.32. The van der Waals surface area contributed by atoms with Crippen LogP contribution < -0.4 is 31.9 Å². The summed E-state index contributed by atoms with van der Waals surface area (Å²) in [6, 6.07) is -3.42. The van der Waals surface area contributed by atoms with Crippen molar-refractivity contribution >= 4 is 105 Å². The second-order valence-corrected chi connectivity index (χ2v) is 21.6. The summed E-state index contributed by atoms with van der Waals surface area (Å²) in [7, 11) is 0. The highest BCUT2D eigenvalue weighted by atomic mass is 16.6. The van der Waals surface area contributed by atoms with Gasteiger partial charge in [-0.15, -0.1) is 0 Å². The molecule has 466 valence electrons. The highest BCUT2D eigenvalue weighted by molar-refractivity contribution is 6.13. The van der Waals surface area contributed by atoms with E-state index in [0.29, 0.717) is 0 Å². The normalized spacial score (nSPS) is 12.9. The van der Waals surface area contributed by atoms with E-state index in [0.717, 1.165) is 17.1 Å². The minimum atomic E-state index is -1.18. The fourth-order valence-electron chi connectivity index (χ4n) is 7.76. The highest BCUT2D eigenvalue weighted by Gasteiger charge is 2.28. The number of carbonyl (C=O) groups excluding carboxylic acids is 18. The first-order chi connectivity index (χ1) is 39.4. The second kappa shape index (κ2) is 40.4.